The van der Waals surface area contributed by atoms with Crippen molar-refractivity contribution in [2.24, 2.45) is 0 Å². The van der Waals surface area contributed by atoms with E-state index in [1.54, 1.807) is 0 Å². The van der Waals surface area contributed by atoms with Crippen molar-refractivity contribution in [2.75, 3.05) is 59.6 Å². The fourth-order valence-corrected chi connectivity index (χ4v) is 4.04. The molecule has 1 atom stereocenters. The zero-order valence-electron chi connectivity index (χ0n) is 13.0. The molecule has 3 fully saturated rings. The van der Waals surface area contributed by atoms with Crippen molar-refractivity contribution in [1.29, 1.82) is 0 Å². The third-order valence-corrected chi connectivity index (χ3v) is 5.54. The van der Waals surface area contributed by atoms with Gasteiger partial charge >= 0.3 is 0 Å². The van der Waals surface area contributed by atoms with E-state index in [1.165, 1.54) is 0 Å². The van der Waals surface area contributed by atoms with Crippen LogP contribution in [0.4, 0.5) is 0 Å². The van der Waals surface area contributed by atoms with E-state index in [1.807, 2.05) is 4.90 Å². The molecule has 1 N–H and O–H groups in total. The SMILES string of the molecule is CN1CCN(CCO)C(=O)C12CCN([C@@H]1CCOC1)CC2. The van der Waals surface area contributed by atoms with E-state index >= 15 is 0 Å². The van der Waals surface area contributed by atoms with Gasteiger partial charge in [-0.25, -0.2) is 0 Å². The van der Waals surface area contributed by atoms with E-state index < -0.39 is 0 Å². The fourth-order valence-electron chi connectivity index (χ4n) is 4.04. The summed E-state index contributed by atoms with van der Waals surface area (Å²) in [5.41, 5.74) is -0.344. The normalized spacial score (nSPS) is 31.2. The largest absolute Gasteiger partial charge is 0.395 e. The lowest BCUT2D eigenvalue weighted by molar-refractivity contribution is -0.155. The molecule has 3 rings (SSSR count). The summed E-state index contributed by atoms with van der Waals surface area (Å²) < 4.78 is 5.48. The van der Waals surface area contributed by atoms with E-state index in [9.17, 15) is 4.79 Å². The Morgan fingerprint density at radius 1 is 1.29 bits per heavy atom. The van der Waals surface area contributed by atoms with Crippen LogP contribution < -0.4 is 0 Å². The second-order valence-corrected chi connectivity index (χ2v) is 6.52. The quantitative estimate of drug-likeness (QED) is 0.752. The van der Waals surface area contributed by atoms with Gasteiger partial charge in [-0.05, 0) is 26.3 Å². The molecular formula is C15H27N3O3. The minimum atomic E-state index is -0.344. The topological polar surface area (TPSA) is 56.2 Å². The first-order valence-electron chi connectivity index (χ1n) is 8.11. The summed E-state index contributed by atoms with van der Waals surface area (Å²) in [5, 5.41) is 9.14. The molecule has 0 aliphatic carbocycles. The summed E-state index contributed by atoms with van der Waals surface area (Å²) in [6.07, 6.45) is 2.90. The van der Waals surface area contributed by atoms with Gasteiger partial charge in [0.05, 0.1) is 13.2 Å². The van der Waals surface area contributed by atoms with Crippen LogP contribution in [-0.2, 0) is 9.53 Å². The molecule has 0 saturated carbocycles. The first-order valence-corrected chi connectivity index (χ1v) is 8.11. The van der Waals surface area contributed by atoms with Crippen LogP contribution in [0.2, 0.25) is 0 Å². The molecule has 120 valence electrons. The second-order valence-electron chi connectivity index (χ2n) is 6.52. The Morgan fingerprint density at radius 2 is 2.05 bits per heavy atom. The zero-order valence-corrected chi connectivity index (χ0v) is 13.0. The molecule has 1 spiro atoms. The standard InChI is InChI=1S/C15H27N3O3/c1-16-7-8-18(9-10-19)14(20)15(16)3-5-17(6-4-15)13-2-11-21-12-13/h13,19H,2-12H2,1H3/t13-/m1/s1. The molecule has 6 nitrogen and oxygen atoms in total. The van der Waals surface area contributed by atoms with Crippen molar-refractivity contribution in [1.82, 2.24) is 14.7 Å². The van der Waals surface area contributed by atoms with Crippen LogP contribution in [0.15, 0.2) is 0 Å². The monoisotopic (exact) mass is 297 g/mol. The maximum atomic E-state index is 12.9. The molecule has 0 aromatic rings. The Balaban J connectivity index is 1.67. The number of rotatable bonds is 3. The van der Waals surface area contributed by atoms with Crippen LogP contribution in [0.1, 0.15) is 19.3 Å². The summed E-state index contributed by atoms with van der Waals surface area (Å²) in [6, 6.07) is 0.542. The predicted octanol–water partition coefficient (Wildman–Crippen LogP) is -0.624. The van der Waals surface area contributed by atoms with Crippen LogP contribution >= 0.6 is 0 Å². The molecule has 0 radical (unpaired) electrons. The van der Waals surface area contributed by atoms with Gasteiger partial charge in [0.25, 0.3) is 0 Å². The summed E-state index contributed by atoms with van der Waals surface area (Å²) in [7, 11) is 2.07. The van der Waals surface area contributed by atoms with Crippen molar-refractivity contribution >= 4 is 5.91 Å². The number of piperidine rings is 1. The van der Waals surface area contributed by atoms with Crippen LogP contribution in [0.25, 0.3) is 0 Å². The average molecular weight is 297 g/mol. The number of β-amino-alcohol motifs (C(OH)–C–C–N with tert-alkyl or cyclic N) is 1. The van der Waals surface area contributed by atoms with E-state index in [-0.39, 0.29) is 18.1 Å². The highest BCUT2D eigenvalue weighted by Crippen LogP contribution is 2.34. The molecule has 0 aromatic carbocycles. The Bertz CT molecular complexity index is 376. The molecule has 3 heterocycles. The minimum absolute atomic E-state index is 0.0527. The van der Waals surface area contributed by atoms with Gasteiger partial charge in [-0.3, -0.25) is 14.6 Å². The molecule has 3 aliphatic heterocycles. The highest BCUT2D eigenvalue weighted by Gasteiger charge is 2.49. The molecule has 3 saturated heterocycles. The summed E-state index contributed by atoms with van der Waals surface area (Å²) in [4.78, 5) is 19.4. The number of amides is 1. The molecular weight excluding hydrogens is 270 g/mol. The number of hydrogen-bond donors (Lipinski definition) is 1. The molecule has 0 bridgehead atoms. The Labute approximate surface area is 126 Å². The van der Waals surface area contributed by atoms with Gasteiger partial charge < -0.3 is 14.7 Å². The number of ether oxygens (including phenoxy) is 1. The van der Waals surface area contributed by atoms with E-state index in [0.29, 0.717) is 12.6 Å². The van der Waals surface area contributed by atoms with Gasteiger partial charge in [-0.1, -0.05) is 0 Å². The van der Waals surface area contributed by atoms with E-state index in [0.717, 1.165) is 58.7 Å². The van der Waals surface area contributed by atoms with Crippen LogP contribution in [0, 0.1) is 0 Å². The smallest absolute Gasteiger partial charge is 0.243 e. The molecule has 0 aromatic heterocycles. The Kier molecular flexibility index (Phi) is 4.49. The number of nitrogens with zero attached hydrogens (tertiary/aromatic N) is 3. The first kappa shape index (κ1) is 15.2. The highest BCUT2D eigenvalue weighted by atomic mass is 16.5. The Morgan fingerprint density at radius 3 is 2.67 bits per heavy atom. The maximum absolute atomic E-state index is 12.9. The maximum Gasteiger partial charge on any atom is 0.243 e. The summed E-state index contributed by atoms with van der Waals surface area (Å²) in [6.45, 7) is 5.80. The van der Waals surface area contributed by atoms with Crippen molar-refractivity contribution in [3.05, 3.63) is 0 Å². The number of carbonyl (C=O) groups excluding carboxylic acids is 1. The second kappa shape index (κ2) is 6.20. The molecule has 0 unspecified atom stereocenters. The van der Waals surface area contributed by atoms with Gasteiger partial charge in [0.15, 0.2) is 0 Å². The molecule has 3 aliphatic rings. The van der Waals surface area contributed by atoms with Crippen LogP contribution in [0.5, 0.6) is 0 Å². The summed E-state index contributed by atoms with van der Waals surface area (Å²) >= 11 is 0. The molecule has 6 heteroatoms. The highest BCUT2D eigenvalue weighted by molar-refractivity contribution is 5.87. The fraction of sp³-hybridized carbons (Fsp3) is 0.933. The van der Waals surface area contributed by atoms with Gasteiger partial charge in [0.2, 0.25) is 5.91 Å². The third kappa shape index (κ3) is 2.70. The predicted molar refractivity (Wildman–Crippen MR) is 79.1 cm³/mol. The van der Waals surface area contributed by atoms with Gasteiger partial charge in [0, 0.05) is 45.4 Å². The van der Waals surface area contributed by atoms with E-state index in [4.69, 9.17) is 9.84 Å². The zero-order chi connectivity index (χ0) is 14.9. The van der Waals surface area contributed by atoms with E-state index in [2.05, 4.69) is 16.8 Å². The average Bonchev–Trinajstić information content (AvgIpc) is 3.03. The number of aliphatic hydroxyl groups is 1. The lowest BCUT2D eigenvalue weighted by atomic mass is 9.82. The molecule has 21 heavy (non-hydrogen) atoms. The lowest BCUT2D eigenvalue weighted by Gasteiger charge is -2.52. The number of carbonyl (C=O) groups is 1. The Hall–Kier alpha value is -0.690. The van der Waals surface area contributed by atoms with Gasteiger partial charge in [-0.2, -0.15) is 0 Å². The molecule has 1 amide bonds. The number of aliphatic hydroxyl groups excluding tert-OH is 1. The third-order valence-electron chi connectivity index (χ3n) is 5.54. The number of likely N-dealkylation sites (tertiary alicyclic amines) is 1. The number of piperazine rings is 1. The number of hydrogen-bond acceptors (Lipinski definition) is 5. The van der Waals surface area contributed by atoms with Gasteiger partial charge in [-0.15, -0.1) is 0 Å². The van der Waals surface area contributed by atoms with Crippen LogP contribution in [0.3, 0.4) is 0 Å². The number of likely N-dealkylation sites (N-methyl/N-ethyl adjacent to an activating group) is 1. The van der Waals surface area contributed by atoms with Crippen molar-refractivity contribution < 1.29 is 14.6 Å². The lowest BCUT2D eigenvalue weighted by Crippen LogP contribution is -2.68. The first-order chi connectivity index (χ1) is 10.2. The summed E-state index contributed by atoms with van der Waals surface area (Å²) in [5.74, 6) is 0.215. The van der Waals surface area contributed by atoms with Crippen molar-refractivity contribution in [3.8, 4) is 0 Å². The van der Waals surface area contributed by atoms with Crippen LogP contribution in [-0.4, -0.2) is 96.9 Å². The van der Waals surface area contributed by atoms with Crippen molar-refractivity contribution in [2.45, 2.75) is 30.8 Å². The van der Waals surface area contributed by atoms with Crippen molar-refractivity contribution in [3.63, 3.8) is 0 Å². The minimum Gasteiger partial charge on any atom is -0.395 e. The van der Waals surface area contributed by atoms with Gasteiger partial charge in [0.1, 0.15) is 5.54 Å².